The molecule has 0 aromatic heterocycles. The molecule has 0 amide bonds. The van der Waals surface area contributed by atoms with Gasteiger partial charge in [0, 0.05) is 12.6 Å². The van der Waals surface area contributed by atoms with Crippen LogP contribution in [0.25, 0.3) is 0 Å². The maximum atomic E-state index is 11.6. The summed E-state index contributed by atoms with van der Waals surface area (Å²) >= 11 is 0. The van der Waals surface area contributed by atoms with Crippen molar-refractivity contribution in [2.45, 2.75) is 58.9 Å². The normalized spacial score (nSPS) is 26.1. The summed E-state index contributed by atoms with van der Waals surface area (Å²) in [5.41, 5.74) is 0. The van der Waals surface area contributed by atoms with Crippen LogP contribution in [0.4, 0.5) is 0 Å². The minimum Gasteiger partial charge on any atom is -0.466 e. The van der Waals surface area contributed by atoms with Gasteiger partial charge in [-0.25, -0.2) is 0 Å². The second-order valence-electron chi connectivity index (χ2n) is 5.68. The Kier molecular flexibility index (Phi) is 6.69. The van der Waals surface area contributed by atoms with Crippen molar-refractivity contribution >= 4 is 5.97 Å². The van der Waals surface area contributed by atoms with E-state index in [1.807, 2.05) is 13.8 Å². The zero-order chi connectivity index (χ0) is 13.5. The topological polar surface area (TPSA) is 29.5 Å². The molecule has 0 spiro atoms. The zero-order valence-electron chi connectivity index (χ0n) is 12.4. The van der Waals surface area contributed by atoms with E-state index < -0.39 is 0 Å². The van der Waals surface area contributed by atoms with E-state index in [-0.39, 0.29) is 11.9 Å². The molecule has 1 fully saturated rings. The Hall–Kier alpha value is -0.570. The summed E-state index contributed by atoms with van der Waals surface area (Å²) < 4.78 is 5.06. The molecule has 1 aliphatic rings. The molecular weight excluding hydrogens is 226 g/mol. The third kappa shape index (κ3) is 4.60. The fourth-order valence-electron chi connectivity index (χ4n) is 2.93. The van der Waals surface area contributed by atoms with Gasteiger partial charge in [-0.2, -0.15) is 0 Å². The maximum absolute atomic E-state index is 11.6. The van der Waals surface area contributed by atoms with Gasteiger partial charge in [-0.15, -0.1) is 0 Å². The Labute approximate surface area is 112 Å². The largest absolute Gasteiger partial charge is 0.466 e. The molecule has 0 saturated heterocycles. The number of nitrogens with zero attached hydrogens (tertiary/aromatic N) is 1. The highest BCUT2D eigenvalue weighted by Crippen LogP contribution is 2.29. The lowest BCUT2D eigenvalue weighted by atomic mass is 9.84. The first-order valence-electron chi connectivity index (χ1n) is 7.45. The van der Waals surface area contributed by atoms with Crippen LogP contribution in [0.2, 0.25) is 0 Å². The molecule has 0 heterocycles. The van der Waals surface area contributed by atoms with Crippen molar-refractivity contribution in [2.75, 3.05) is 20.2 Å². The van der Waals surface area contributed by atoms with Crippen molar-refractivity contribution in [2.24, 2.45) is 11.8 Å². The number of hydrogen-bond acceptors (Lipinski definition) is 3. The van der Waals surface area contributed by atoms with Gasteiger partial charge in [0.25, 0.3) is 0 Å². The Bertz CT molecular complexity index is 247. The van der Waals surface area contributed by atoms with Crippen molar-refractivity contribution in [1.29, 1.82) is 0 Å². The van der Waals surface area contributed by atoms with Gasteiger partial charge in [0.05, 0.1) is 12.5 Å². The van der Waals surface area contributed by atoms with E-state index in [1.165, 1.54) is 32.1 Å². The van der Waals surface area contributed by atoms with Crippen molar-refractivity contribution in [1.82, 2.24) is 4.90 Å². The number of carbonyl (C=O) groups is 1. The standard InChI is InChI=1S/C15H29NO2/c1-5-13-7-9-14(10-8-13)16(4)11-12(3)15(17)18-6-2/h12-14H,5-11H2,1-4H3. The van der Waals surface area contributed by atoms with E-state index in [0.29, 0.717) is 12.6 Å². The van der Waals surface area contributed by atoms with Crippen LogP contribution in [0.15, 0.2) is 0 Å². The molecule has 1 saturated carbocycles. The van der Waals surface area contributed by atoms with Crippen LogP contribution >= 0.6 is 0 Å². The SMILES string of the molecule is CCOC(=O)C(C)CN(C)C1CCC(CC)CC1. The third-order valence-corrected chi connectivity index (χ3v) is 4.27. The van der Waals surface area contributed by atoms with E-state index >= 15 is 0 Å². The fourth-order valence-corrected chi connectivity index (χ4v) is 2.93. The first-order chi connectivity index (χ1) is 8.58. The Morgan fingerprint density at radius 1 is 1.28 bits per heavy atom. The van der Waals surface area contributed by atoms with E-state index in [9.17, 15) is 4.79 Å². The lowest BCUT2D eigenvalue weighted by molar-refractivity contribution is -0.148. The van der Waals surface area contributed by atoms with Gasteiger partial charge in [-0.05, 0) is 45.6 Å². The molecular formula is C15H29NO2. The number of rotatable bonds is 6. The molecule has 1 aliphatic carbocycles. The molecule has 18 heavy (non-hydrogen) atoms. The lowest BCUT2D eigenvalue weighted by Gasteiger charge is -2.35. The van der Waals surface area contributed by atoms with Crippen LogP contribution in [0, 0.1) is 11.8 Å². The number of hydrogen-bond donors (Lipinski definition) is 0. The lowest BCUT2D eigenvalue weighted by Crippen LogP contribution is -2.39. The minimum absolute atomic E-state index is 0.0150. The molecule has 0 aliphatic heterocycles. The average molecular weight is 255 g/mol. The summed E-state index contributed by atoms with van der Waals surface area (Å²) in [6.07, 6.45) is 6.57. The Balaban J connectivity index is 2.32. The number of carbonyl (C=O) groups excluding carboxylic acids is 1. The maximum Gasteiger partial charge on any atom is 0.309 e. The van der Waals surface area contributed by atoms with Gasteiger partial charge < -0.3 is 9.64 Å². The smallest absolute Gasteiger partial charge is 0.309 e. The van der Waals surface area contributed by atoms with Crippen LogP contribution in [0.1, 0.15) is 52.9 Å². The third-order valence-electron chi connectivity index (χ3n) is 4.27. The Morgan fingerprint density at radius 2 is 1.89 bits per heavy atom. The minimum atomic E-state index is -0.0633. The summed E-state index contributed by atoms with van der Waals surface area (Å²) in [5.74, 6) is 0.850. The second-order valence-corrected chi connectivity index (χ2v) is 5.68. The van der Waals surface area contributed by atoms with Crippen LogP contribution in [0.3, 0.4) is 0 Å². The molecule has 0 N–H and O–H groups in total. The molecule has 0 bridgehead atoms. The van der Waals surface area contributed by atoms with Crippen molar-refractivity contribution < 1.29 is 9.53 Å². The molecule has 0 aromatic rings. The van der Waals surface area contributed by atoms with E-state index in [0.717, 1.165) is 12.5 Å². The van der Waals surface area contributed by atoms with Gasteiger partial charge in [0.1, 0.15) is 0 Å². The molecule has 106 valence electrons. The van der Waals surface area contributed by atoms with E-state index in [1.54, 1.807) is 0 Å². The predicted molar refractivity (Wildman–Crippen MR) is 74.5 cm³/mol. The molecule has 0 radical (unpaired) electrons. The van der Waals surface area contributed by atoms with Crippen LogP contribution in [-0.4, -0.2) is 37.1 Å². The molecule has 1 unspecified atom stereocenters. The van der Waals surface area contributed by atoms with Crippen LogP contribution in [0.5, 0.6) is 0 Å². The number of ether oxygens (including phenoxy) is 1. The number of esters is 1. The van der Waals surface area contributed by atoms with Crippen molar-refractivity contribution in [3.8, 4) is 0 Å². The summed E-state index contributed by atoms with van der Waals surface area (Å²) in [5, 5.41) is 0. The summed E-state index contributed by atoms with van der Waals surface area (Å²) in [6, 6.07) is 0.657. The highest BCUT2D eigenvalue weighted by molar-refractivity contribution is 5.72. The summed E-state index contributed by atoms with van der Waals surface area (Å²) in [7, 11) is 2.15. The van der Waals surface area contributed by atoms with Crippen molar-refractivity contribution in [3.05, 3.63) is 0 Å². The van der Waals surface area contributed by atoms with Gasteiger partial charge in [0.15, 0.2) is 0 Å². The molecule has 0 aromatic carbocycles. The molecule has 1 rings (SSSR count). The molecule has 3 nitrogen and oxygen atoms in total. The van der Waals surface area contributed by atoms with Gasteiger partial charge >= 0.3 is 5.97 Å². The van der Waals surface area contributed by atoms with Gasteiger partial charge in [-0.1, -0.05) is 20.3 Å². The fraction of sp³-hybridized carbons (Fsp3) is 0.933. The quantitative estimate of drug-likeness (QED) is 0.683. The predicted octanol–water partition coefficient (Wildman–Crippen LogP) is 3.09. The van der Waals surface area contributed by atoms with Crippen molar-refractivity contribution in [3.63, 3.8) is 0 Å². The van der Waals surface area contributed by atoms with E-state index in [4.69, 9.17) is 4.74 Å². The monoisotopic (exact) mass is 255 g/mol. The zero-order valence-corrected chi connectivity index (χ0v) is 12.4. The Morgan fingerprint density at radius 3 is 2.39 bits per heavy atom. The van der Waals surface area contributed by atoms with Gasteiger partial charge in [-0.3, -0.25) is 4.79 Å². The molecule has 3 heteroatoms. The van der Waals surface area contributed by atoms with Crippen LogP contribution in [-0.2, 0) is 9.53 Å². The van der Waals surface area contributed by atoms with Gasteiger partial charge in [0.2, 0.25) is 0 Å². The summed E-state index contributed by atoms with van der Waals surface area (Å²) in [6.45, 7) is 7.42. The average Bonchev–Trinajstić information content (AvgIpc) is 2.39. The first-order valence-corrected chi connectivity index (χ1v) is 7.45. The highest BCUT2D eigenvalue weighted by atomic mass is 16.5. The van der Waals surface area contributed by atoms with E-state index in [2.05, 4.69) is 18.9 Å². The second kappa shape index (κ2) is 7.78. The van der Waals surface area contributed by atoms with Crippen LogP contribution < -0.4 is 0 Å². The summed E-state index contributed by atoms with van der Waals surface area (Å²) in [4.78, 5) is 14.0. The highest BCUT2D eigenvalue weighted by Gasteiger charge is 2.25. The first kappa shape index (κ1) is 15.5. The molecule has 1 atom stereocenters.